The molecule has 43 heavy (non-hydrogen) atoms. The molecular formula is C36H36N2O5. The molecule has 0 saturated carbocycles. The van der Waals surface area contributed by atoms with Gasteiger partial charge in [-0.2, -0.15) is 0 Å². The van der Waals surface area contributed by atoms with Crippen LogP contribution in [0.5, 0.6) is 11.5 Å². The molecule has 0 saturated heterocycles. The van der Waals surface area contributed by atoms with E-state index in [1.807, 2.05) is 84.9 Å². The molecule has 4 N–H and O–H groups in total. The Morgan fingerprint density at radius 1 is 0.651 bits per heavy atom. The molecule has 4 rings (SSSR count). The van der Waals surface area contributed by atoms with Crippen molar-refractivity contribution in [2.45, 2.75) is 26.1 Å². The van der Waals surface area contributed by atoms with Crippen LogP contribution < -0.4 is 20.5 Å². The Balaban J connectivity index is 0.000000269. The number of carbonyl (C=O) groups is 2. The summed E-state index contributed by atoms with van der Waals surface area (Å²) in [5.74, 6) is 5.21. The van der Waals surface area contributed by atoms with Gasteiger partial charge in [-0.25, -0.2) is 0 Å². The van der Waals surface area contributed by atoms with E-state index < -0.39 is 5.97 Å². The Hall–Kier alpha value is -5.50. The molecule has 4 aromatic rings. The number of benzene rings is 4. The van der Waals surface area contributed by atoms with Crippen LogP contribution >= 0.6 is 0 Å². The summed E-state index contributed by atoms with van der Waals surface area (Å²) >= 11 is 0. The van der Waals surface area contributed by atoms with Gasteiger partial charge in [0.15, 0.2) is 0 Å². The van der Waals surface area contributed by atoms with Gasteiger partial charge in [0.25, 0.3) is 0 Å². The first kappa shape index (κ1) is 33.7. The lowest BCUT2D eigenvalue weighted by Crippen LogP contribution is -2.25. The summed E-state index contributed by atoms with van der Waals surface area (Å²) in [4.78, 5) is 22.1. The topological polar surface area (TPSA) is 111 Å². The van der Waals surface area contributed by atoms with Crippen molar-refractivity contribution < 1.29 is 24.2 Å². The molecule has 4 aromatic carbocycles. The van der Waals surface area contributed by atoms with E-state index in [0.29, 0.717) is 26.2 Å². The summed E-state index contributed by atoms with van der Waals surface area (Å²) in [6, 6.07) is 34.5. The van der Waals surface area contributed by atoms with Crippen LogP contribution in [0.25, 0.3) is 0 Å². The van der Waals surface area contributed by atoms with Gasteiger partial charge in [0.1, 0.15) is 24.7 Å². The average Bonchev–Trinajstić information content (AvgIpc) is 3.04. The zero-order valence-corrected chi connectivity index (χ0v) is 23.9. The highest BCUT2D eigenvalue weighted by Crippen LogP contribution is 2.15. The minimum Gasteiger partial charge on any atom is -0.489 e. The van der Waals surface area contributed by atoms with Crippen LogP contribution in [0, 0.1) is 24.7 Å². The summed E-state index contributed by atoms with van der Waals surface area (Å²) in [5, 5.41) is 11.3. The van der Waals surface area contributed by atoms with E-state index in [9.17, 15) is 9.59 Å². The lowest BCUT2D eigenvalue weighted by atomic mass is 10.1. The predicted molar refractivity (Wildman–Crippen MR) is 169 cm³/mol. The maximum atomic E-state index is 11.5. The van der Waals surface area contributed by atoms with Gasteiger partial charge in [-0.15, -0.1) is 12.8 Å². The van der Waals surface area contributed by atoms with E-state index in [1.165, 1.54) is 0 Å². The van der Waals surface area contributed by atoms with E-state index in [-0.39, 0.29) is 18.9 Å². The quantitative estimate of drug-likeness (QED) is 0.216. The number of carboxylic acid groups (broad SMARTS) is 1. The summed E-state index contributed by atoms with van der Waals surface area (Å²) < 4.78 is 11.3. The number of hydrogen-bond acceptors (Lipinski definition) is 5. The third-order valence-corrected chi connectivity index (χ3v) is 5.57. The Morgan fingerprint density at radius 3 is 1.44 bits per heavy atom. The van der Waals surface area contributed by atoms with Gasteiger partial charge in [0.05, 0.1) is 25.9 Å². The largest absolute Gasteiger partial charge is 0.489 e. The van der Waals surface area contributed by atoms with Crippen LogP contribution in [-0.2, 0) is 35.6 Å². The number of carboxylic acids is 1. The van der Waals surface area contributed by atoms with Gasteiger partial charge in [0.2, 0.25) is 5.91 Å². The van der Waals surface area contributed by atoms with Crippen LogP contribution in [0.15, 0.2) is 109 Å². The summed E-state index contributed by atoms with van der Waals surface area (Å²) in [5.41, 5.74) is 8.72. The molecule has 0 spiro atoms. The first-order chi connectivity index (χ1) is 20.9. The number of aliphatic carboxylic acids is 1. The van der Waals surface area contributed by atoms with Crippen LogP contribution in [0.3, 0.4) is 0 Å². The number of hydrogen-bond donors (Lipinski definition) is 3. The predicted octanol–water partition coefficient (Wildman–Crippen LogP) is 5.03. The van der Waals surface area contributed by atoms with Gasteiger partial charge in [-0.1, -0.05) is 96.8 Å². The number of rotatable bonds is 11. The fourth-order valence-electron chi connectivity index (χ4n) is 3.46. The molecule has 220 valence electrons. The summed E-state index contributed by atoms with van der Waals surface area (Å²) in [6.07, 6.45) is 10.1. The molecule has 0 aliphatic carbocycles. The molecular weight excluding hydrogens is 540 g/mol. The minimum atomic E-state index is -0.826. The number of carbonyl (C=O) groups excluding carboxylic acids is 1. The van der Waals surface area contributed by atoms with Crippen LogP contribution in [-0.4, -0.2) is 30.1 Å². The molecule has 0 atom stereocenters. The van der Waals surface area contributed by atoms with Crippen molar-refractivity contribution in [3.05, 3.63) is 131 Å². The third-order valence-electron chi connectivity index (χ3n) is 5.57. The molecule has 0 aliphatic rings. The lowest BCUT2D eigenvalue weighted by molar-refractivity contribution is -0.136. The number of ether oxygens (including phenoxy) is 2. The van der Waals surface area contributed by atoms with Crippen LogP contribution in [0.1, 0.15) is 22.3 Å². The van der Waals surface area contributed by atoms with Gasteiger partial charge < -0.3 is 25.6 Å². The number of terminal acetylenes is 2. The molecule has 0 fully saturated rings. The zero-order valence-electron chi connectivity index (χ0n) is 23.9. The molecule has 0 aromatic heterocycles. The Kier molecular flexibility index (Phi) is 16.0. The van der Waals surface area contributed by atoms with Crippen molar-refractivity contribution >= 4 is 11.9 Å². The molecule has 0 radical (unpaired) electrons. The second kappa shape index (κ2) is 20.4. The molecule has 7 heteroatoms. The van der Waals surface area contributed by atoms with Crippen molar-refractivity contribution in [1.82, 2.24) is 5.32 Å². The van der Waals surface area contributed by atoms with Crippen molar-refractivity contribution in [3.8, 4) is 36.2 Å². The monoisotopic (exact) mass is 576 g/mol. The Bertz CT molecular complexity index is 1440. The van der Waals surface area contributed by atoms with Crippen molar-refractivity contribution in [1.29, 1.82) is 0 Å². The highest BCUT2D eigenvalue weighted by Gasteiger charge is 2.03. The van der Waals surface area contributed by atoms with E-state index in [0.717, 1.165) is 33.8 Å². The van der Waals surface area contributed by atoms with Crippen molar-refractivity contribution in [2.24, 2.45) is 5.73 Å². The highest BCUT2D eigenvalue weighted by molar-refractivity contribution is 5.78. The van der Waals surface area contributed by atoms with Crippen LogP contribution in [0.2, 0.25) is 0 Å². The van der Waals surface area contributed by atoms with Crippen molar-refractivity contribution in [3.63, 3.8) is 0 Å². The lowest BCUT2D eigenvalue weighted by Gasteiger charge is -2.07. The first-order valence-corrected chi connectivity index (χ1v) is 13.5. The zero-order chi connectivity index (χ0) is 31.1. The van der Waals surface area contributed by atoms with Crippen LogP contribution in [0.4, 0.5) is 0 Å². The maximum Gasteiger partial charge on any atom is 0.307 e. The first-order valence-electron chi connectivity index (χ1n) is 13.5. The van der Waals surface area contributed by atoms with E-state index in [4.69, 9.17) is 26.7 Å². The molecule has 1 amide bonds. The van der Waals surface area contributed by atoms with Gasteiger partial charge in [-0.3, -0.25) is 9.59 Å². The normalized spacial score (nSPS) is 9.37. The number of nitrogens with one attached hydrogen (secondary N) is 1. The Morgan fingerprint density at radius 2 is 1.07 bits per heavy atom. The van der Waals surface area contributed by atoms with E-state index in [1.54, 1.807) is 24.3 Å². The minimum absolute atomic E-state index is 0.0406. The SMILES string of the molecule is C#CCN.C#CCNC(=O)Cc1ccc(OCc2ccccc2)cc1.O=C(O)Cc1ccc(OCc2ccccc2)cc1. The van der Waals surface area contributed by atoms with Gasteiger partial charge in [0, 0.05) is 0 Å². The maximum absolute atomic E-state index is 11.5. The van der Waals surface area contributed by atoms with Gasteiger partial charge >= 0.3 is 5.97 Å². The van der Waals surface area contributed by atoms with Gasteiger partial charge in [-0.05, 0) is 46.5 Å². The summed E-state index contributed by atoms with van der Waals surface area (Å²) in [6.45, 7) is 1.65. The van der Waals surface area contributed by atoms with Crippen molar-refractivity contribution in [2.75, 3.05) is 13.1 Å². The highest BCUT2D eigenvalue weighted by atomic mass is 16.5. The molecule has 0 heterocycles. The summed E-state index contributed by atoms with van der Waals surface area (Å²) in [7, 11) is 0. The average molecular weight is 577 g/mol. The fourth-order valence-corrected chi connectivity index (χ4v) is 3.46. The van der Waals surface area contributed by atoms with E-state index >= 15 is 0 Å². The molecule has 0 unspecified atom stereocenters. The second-order valence-corrected chi connectivity index (χ2v) is 8.97. The molecule has 7 nitrogen and oxygen atoms in total. The fraction of sp³-hybridized carbons (Fsp3) is 0.167. The standard InChI is InChI=1S/C18H17NO2.C15H14O3.C3H5N/c1-2-12-19-18(20)13-15-8-10-17(11-9-15)21-14-16-6-4-3-5-7-16;16-15(17)10-12-6-8-14(9-7-12)18-11-13-4-2-1-3-5-13;1-2-3-4/h1,3-11H,12-14H2,(H,19,20);1-9H,10-11H2,(H,16,17);1H,3-4H2. The van der Waals surface area contributed by atoms with E-state index in [2.05, 4.69) is 23.6 Å². The second-order valence-electron chi connectivity index (χ2n) is 8.97. The third kappa shape index (κ3) is 15.2. The number of amides is 1. The molecule has 0 aliphatic heterocycles. The Labute approximate surface area is 253 Å². The molecule has 0 bridgehead atoms. The smallest absolute Gasteiger partial charge is 0.307 e. The number of nitrogens with two attached hydrogens (primary N) is 1.